The van der Waals surface area contributed by atoms with Crippen LogP contribution in [0.25, 0.3) is 5.76 Å². The number of Topliss-reactive ketones (excluding diaryl/α,β-unsaturated/α-hetero) is 1. The lowest BCUT2D eigenvalue weighted by Gasteiger charge is -2.26. The molecule has 1 aliphatic heterocycles. The minimum Gasteiger partial charge on any atom is -0.507 e. The number of ketones is 1. The average molecular weight is 571 g/mol. The first-order chi connectivity index (χ1) is 17.1. The standard InChI is InChI=1S/C26H23BrN2O6S/c1-35-21-5-3-2-4-20(21)23-22(24(30)17-8-10-18(27)11-9-17)25(31)26(32)29(23)15-14-16-6-12-19(13-7-16)36(28,33)34/h2-13,23,30H,14-15H2,1H3,(H2,28,33,34)/t23-/m1/s1. The number of benzene rings is 3. The van der Waals surface area contributed by atoms with Gasteiger partial charge in [-0.25, -0.2) is 13.6 Å². The molecule has 3 N–H and O–H groups in total. The Morgan fingerprint density at radius 2 is 1.67 bits per heavy atom. The first kappa shape index (κ1) is 25.6. The molecule has 1 heterocycles. The van der Waals surface area contributed by atoms with Gasteiger partial charge in [0.1, 0.15) is 11.5 Å². The van der Waals surface area contributed by atoms with E-state index < -0.39 is 27.8 Å². The van der Waals surface area contributed by atoms with Crippen LogP contribution in [-0.4, -0.2) is 43.8 Å². The highest BCUT2D eigenvalue weighted by atomic mass is 79.9. The first-order valence-electron chi connectivity index (χ1n) is 10.9. The molecule has 3 aromatic rings. The third-order valence-corrected chi connectivity index (χ3v) is 7.44. The highest BCUT2D eigenvalue weighted by Gasteiger charge is 2.46. The fraction of sp³-hybridized carbons (Fsp3) is 0.154. The lowest BCUT2D eigenvalue weighted by atomic mass is 9.94. The van der Waals surface area contributed by atoms with E-state index >= 15 is 0 Å². The van der Waals surface area contributed by atoms with Crippen LogP contribution in [0.2, 0.25) is 0 Å². The normalized spacial score (nSPS) is 17.4. The van der Waals surface area contributed by atoms with Crippen LogP contribution in [0.5, 0.6) is 5.75 Å². The number of methoxy groups -OCH3 is 1. The summed E-state index contributed by atoms with van der Waals surface area (Å²) in [5.74, 6) is -1.35. The van der Waals surface area contributed by atoms with Gasteiger partial charge in [0.15, 0.2) is 0 Å². The second kappa shape index (κ2) is 10.3. The maximum Gasteiger partial charge on any atom is 0.295 e. The summed E-state index contributed by atoms with van der Waals surface area (Å²) < 4.78 is 29.4. The number of para-hydroxylation sites is 1. The number of primary sulfonamides is 1. The van der Waals surface area contributed by atoms with E-state index in [1.807, 2.05) is 0 Å². The monoisotopic (exact) mass is 570 g/mol. The number of hydrogen-bond acceptors (Lipinski definition) is 6. The van der Waals surface area contributed by atoms with Crippen LogP contribution in [0.3, 0.4) is 0 Å². The molecule has 0 spiro atoms. The van der Waals surface area contributed by atoms with Gasteiger partial charge < -0.3 is 14.7 Å². The van der Waals surface area contributed by atoms with Crippen molar-refractivity contribution in [1.82, 2.24) is 4.90 Å². The van der Waals surface area contributed by atoms with E-state index in [9.17, 15) is 23.1 Å². The van der Waals surface area contributed by atoms with Crippen LogP contribution in [0.4, 0.5) is 0 Å². The van der Waals surface area contributed by atoms with Gasteiger partial charge in [-0.05, 0) is 42.3 Å². The smallest absolute Gasteiger partial charge is 0.295 e. The van der Waals surface area contributed by atoms with Crippen LogP contribution in [-0.2, 0) is 26.0 Å². The van der Waals surface area contributed by atoms with Crippen molar-refractivity contribution in [3.05, 3.63) is 99.5 Å². The molecule has 8 nitrogen and oxygen atoms in total. The Kier molecular flexibility index (Phi) is 7.30. The number of carbonyl (C=O) groups excluding carboxylic acids is 2. The molecule has 0 radical (unpaired) electrons. The van der Waals surface area contributed by atoms with E-state index in [4.69, 9.17) is 9.88 Å². The van der Waals surface area contributed by atoms with Gasteiger partial charge in [-0.15, -0.1) is 0 Å². The zero-order valence-electron chi connectivity index (χ0n) is 19.2. The molecule has 0 aliphatic carbocycles. The van der Waals surface area contributed by atoms with Crippen LogP contribution in [0, 0.1) is 0 Å². The Bertz CT molecular complexity index is 1450. The Morgan fingerprint density at radius 3 is 2.28 bits per heavy atom. The lowest BCUT2D eigenvalue weighted by Crippen LogP contribution is -2.31. The second-order valence-electron chi connectivity index (χ2n) is 8.18. The molecular weight excluding hydrogens is 548 g/mol. The van der Waals surface area contributed by atoms with Crippen LogP contribution < -0.4 is 9.88 Å². The molecule has 0 bridgehead atoms. The van der Waals surface area contributed by atoms with Crippen molar-refractivity contribution in [2.45, 2.75) is 17.4 Å². The average Bonchev–Trinajstić information content (AvgIpc) is 3.12. The summed E-state index contributed by atoms with van der Waals surface area (Å²) >= 11 is 3.35. The molecule has 1 atom stereocenters. The maximum absolute atomic E-state index is 13.2. The molecule has 1 amide bonds. The minimum absolute atomic E-state index is 0.0183. The molecule has 36 heavy (non-hydrogen) atoms. The van der Waals surface area contributed by atoms with E-state index in [-0.39, 0.29) is 22.8 Å². The number of amides is 1. The summed E-state index contributed by atoms with van der Waals surface area (Å²) in [5, 5.41) is 16.3. The van der Waals surface area contributed by atoms with Gasteiger partial charge >= 0.3 is 0 Å². The first-order valence-corrected chi connectivity index (χ1v) is 13.2. The summed E-state index contributed by atoms with van der Waals surface area (Å²) in [6, 6.07) is 18.9. The predicted molar refractivity (Wildman–Crippen MR) is 138 cm³/mol. The highest BCUT2D eigenvalue weighted by Crippen LogP contribution is 2.42. The molecule has 3 aromatic carbocycles. The van der Waals surface area contributed by atoms with Crippen molar-refractivity contribution in [1.29, 1.82) is 0 Å². The molecule has 0 saturated carbocycles. The van der Waals surface area contributed by atoms with Crippen LogP contribution in [0.15, 0.2) is 87.7 Å². The van der Waals surface area contributed by atoms with Crippen molar-refractivity contribution in [2.75, 3.05) is 13.7 Å². The largest absolute Gasteiger partial charge is 0.507 e. The van der Waals surface area contributed by atoms with Crippen LogP contribution >= 0.6 is 15.9 Å². The summed E-state index contributed by atoms with van der Waals surface area (Å²) in [6.07, 6.45) is 0.335. The van der Waals surface area contributed by atoms with E-state index in [0.29, 0.717) is 23.3 Å². The number of halogens is 1. The van der Waals surface area contributed by atoms with Crippen molar-refractivity contribution >= 4 is 43.4 Å². The summed E-state index contributed by atoms with van der Waals surface area (Å²) in [5.41, 5.74) is 1.67. The zero-order chi connectivity index (χ0) is 26.0. The number of likely N-dealkylation sites (tertiary alicyclic amines) is 1. The van der Waals surface area contributed by atoms with Crippen LogP contribution in [0.1, 0.15) is 22.7 Å². The number of rotatable bonds is 7. The summed E-state index contributed by atoms with van der Waals surface area (Å²) in [7, 11) is -2.33. The molecule has 1 fully saturated rings. The van der Waals surface area contributed by atoms with Gasteiger partial charge in [0.05, 0.1) is 23.6 Å². The van der Waals surface area contributed by atoms with E-state index in [0.717, 1.165) is 10.0 Å². The number of ether oxygens (including phenoxy) is 1. The van der Waals surface area contributed by atoms with Crippen molar-refractivity contribution in [3.8, 4) is 5.75 Å². The van der Waals surface area contributed by atoms with Crippen molar-refractivity contribution < 1.29 is 27.9 Å². The van der Waals surface area contributed by atoms with Crippen molar-refractivity contribution in [3.63, 3.8) is 0 Å². The zero-order valence-corrected chi connectivity index (χ0v) is 21.6. The molecule has 10 heteroatoms. The lowest BCUT2D eigenvalue weighted by molar-refractivity contribution is -0.139. The molecule has 186 valence electrons. The molecule has 1 aliphatic rings. The SMILES string of the molecule is COc1ccccc1[C@@H]1C(=C(O)c2ccc(Br)cc2)C(=O)C(=O)N1CCc1ccc(S(N)(=O)=O)cc1. The van der Waals surface area contributed by atoms with Gasteiger partial charge in [0.25, 0.3) is 11.7 Å². The number of hydrogen-bond donors (Lipinski definition) is 2. The highest BCUT2D eigenvalue weighted by molar-refractivity contribution is 9.10. The third-order valence-electron chi connectivity index (χ3n) is 5.98. The third kappa shape index (κ3) is 5.06. The predicted octanol–water partition coefficient (Wildman–Crippen LogP) is 3.77. The van der Waals surface area contributed by atoms with E-state index in [1.165, 1.54) is 24.1 Å². The molecule has 4 rings (SSSR count). The minimum atomic E-state index is -3.82. The number of carbonyl (C=O) groups is 2. The Balaban J connectivity index is 1.76. The van der Waals surface area contributed by atoms with Gasteiger partial charge in [0.2, 0.25) is 10.0 Å². The number of sulfonamides is 1. The molecule has 1 saturated heterocycles. The van der Waals surface area contributed by atoms with Gasteiger partial charge in [-0.2, -0.15) is 0 Å². The Hall–Kier alpha value is -3.47. The summed E-state index contributed by atoms with van der Waals surface area (Å²) in [4.78, 5) is 27.8. The quantitative estimate of drug-likeness (QED) is 0.253. The molecule has 0 unspecified atom stereocenters. The van der Waals surface area contributed by atoms with Gasteiger partial charge in [-0.1, -0.05) is 58.4 Å². The van der Waals surface area contributed by atoms with Crippen molar-refractivity contribution in [2.24, 2.45) is 5.14 Å². The Morgan fingerprint density at radius 1 is 1.03 bits per heavy atom. The van der Waals surface area contributed by atoms with E-state index in [2.05, 4.69) is 15.9 Å². The molecular formula is C26H23BrN2O6S. The topological polar surface area (TPSA) is 127 Å². The fourth-order valence-electron chi connectivity index (χ4n) is 4.18. The number of nitrogens with zero attached hydrogens (tertiary/aromatic N) is 1. The summed E-state index contributed by atoms with van der Waals surface area (Å²) in [6.45, 7) is 0.138. The van der Waals surface area contributed by atoms with Gasteiger partial charge in [-0.3, -0.25) is 9.59 Å². The number of aliphatic hydroxyl groups excluding tert-OH is 1. The number of nitrogens with two attached hydrogens (primary N) is 1. The molecule has 0 aromatic heterocycles. The van der Waals surface area contributed by atoms with E-state index in [1.54, 1.807) is 60.7 Å². The van der Waals surface area contributed by atoms with Gasteiger partial charge in [0, 0.05) is 22.1 Å². The Labute approximate surface area is 217 Å². The fourth-order valence-corrected chi connectivity index (χ4v) is 4.96. The maximum atomic E-state index is 13.2. The number of aliphatic hydroxyl groups is 1. The second-order valence-corrected chi connectivity index (χ2v) is 10.7.